The summed E-state index contributed by atoms with van der Waals surface area (Å²) in [5, 5.41) is 3.11. The molecule has 0 spiro atoms. The maximum absolute atomic E-state index is 12.7. The minimum Gasteiger partial charge on any atom is -0.352 e. The number of hydrogen-bond donors (Lipinski definition) is 1. The van der Waals surface area contributed by atoms with Crippen molar-refractivity contribution in [1.82, 2.24) is 19.6 Å². The van der Waals surface area contributed by atoms with Gasteiger partial charge in [0.2, 0.25) is 0 Å². The van der Waals surface area contributed by atoms with E-state index in [-0.39, 0.29) is 5.91 Å². The van der Waals surface area contributed by atoms with Crippen molar-refractivity contribution in [1.29, 1.82) is 0 Å². The Kier molecular flexibility index (Phi) is 6.70. The van der Waals surface area contributed by atoms with Crippen LogP contribution in [0.2, 0.25) is 0 Å². The highest BCUT2D eigenvalue weighted by atomic mass is 32.1. The zero-order chi connectivity index (χ0) is 23.7. The molecule has 0 aliphatic carbocycles. The van der Waals surface area contributed by atoms with E-state index in [1.807, 2.05) is 18.2 Å². The second-order valence-corrected chi connectivity index (χ2v) is 10.9. The van der Waals surface area contributed by atoms with E-state index in [4.69, 9.17) is 4.98 Å². The van der Waals surface area contributed by atoms with E-state index < -0.39 is 0 Å². The molecular weight excluding hydrogens is 440 g/mol. The number of nitrogens with one attached hydrogen (secondary N) is 1. The highest BCUT2D eigenvalue weighted by Crippen LogP contribution is 2.30. The summed E-state index contributed by atoms with van der Waals surface area (Å²) in [5.41, 5.74) is 5.25. The van der Waals surface area contributed by atoms with Gasteiger partial charge in [-0.05, 0) is 61.4 Å². The molecule has 0 bridgehead atoms. The third-order valence-electron chi connectivity index (χ3n) is 6.90. The number of amides is 1. The molecule has 1 aliphatic heterocycles. The predicted octanol–water partition coefficient (Wildman–Crippen LogP) is 5.88. The van der Waals surface area contributed by atoms with E-state index in [1.165, 1.54) is 25.1 Å². The van der Waals surface area contributed by atoms with Gasteiger partial charge < -0.3 is 10.2 Å². The molecule has 0 radical (unpaired) electrons. The Labute approximate surface area is 205 Å². The summed E-state index contributed by atoms with van der Waals surface area (Å²) in [5.74, 6) is 1.55. The molecule has 2 unspecified atom stereocenters. The van der Waals surface area contributed by atoms with Crippen LogP contribution in [-0.4, -0.2) is 46.4 Å². The van der Waals surface area contributed by atoms with Crippen molar-refractivity contribution >= 4 is 32.4 Å². The predicted molar refractivity (Wildman–Crippen MR) is 142 cm³/mol. The number of thiazole rings is 1. The summed E-state index contributed by atoms with van der Waals surface area (Å²) in [6.07, 6.45) is 5.45. The lowest BCUT2D eigenvalue weighted by atomic mass is 9.92. The Morgan fingerprint density at radius 3 is 2.62 bits per heavy atom. The molecule has 2 atom stereocenters. The Bertz CT molecular complexity index is 1280. The van der Waals surface area contributed by atoms with Gasteiger partial charge in [0.25, 0.3) is 5.91 Å². The lowest BCUT2D eigenvalue weighted by Gasteiger charge is -2.34. The number of carbonyl (C=O) groups is 1. The minimum absolute atomic E-state index is 0.00465. The molecule has 5 nitrogen and oxygen atoms in total. The molecule has 4 aromatic rings. The maximum Gasteiger partial charge on any atom is 0.251 e. The van der Waals surface area contributed by atoms with Crippen LogP contribution in [0.5, 0.6) is 0 Å². The van der Waals surface area contributed by atoms with Crippen molar-refractivity contribution in [2.75, 3.05) is 26.2 Å². The number of piperidine rings is 1. The van der Waals surface area contributed by atoms with Gasteiger partial charge in [0.05, 0.1) is 15.9 Å². The van der Waals surface area contributed by atoms with Gasteiger partial charge in [0, 0.05) is 37.0 Å². The number of likely N-dealkylation sites (tertiary alicyclic amines) is 1. The first-order valence-electron chi connectivity index (χ1n) is 12.5. The number of imidazole rings is 1. The zero-order valence-electron chi connectivity index (χ0n) is 20.4. The molecule has 34 heavy (non-hydrogen) atoms. The van der Waals surface area contributed by atoms with Gasteiger partial charge in [-0.2, -0.15) is 0 Å². The molecule has 3 heterocycles. The molecule has 1 fully saturated rings. The van der Waals surface area contributed by atoms with Gasteiger partial charge in [-0.15, -0.1) is 0 Å². The zero-order valence-corrected chi connectivity index (χ0v) is 21.2. The van der Waals surface area contributed by atoms with Gasteiger partial charge in [0.1, 0.15) is 0 Å². The van der Waals surface area contributed by atoms with Crippen LogP contribution in [0.25, 0.3) is 26.4 Å². The van der Waals surface area contributed by atoms with Crippen LogP contribution in [0, 0.1) is 11.8 Å². The molecule has 1 aliphatic rings. The third kappa shape index (κ3) is 4.89. The quantitative estimate of drug-likeness (QED) is 0.341. The molecule has 1 N–H and O–H groups in total. The summed E-state index contributed by atoms with van der Waals surface area (Å²) < 4.78 is 3.21. The smallest absolute Gasteiger partial charge is 0.251 e. The number of aryl methyl sites for hydroxylation is 1. The van der Waals surface area contributed by atoms with Crippen molar-refractivity contribution in [2.45, 2.75) is 40.0 Å². The third-order valence-corrected chi connectivity index (χ3v) is 7.91. The average Bonchev–Trinajstić information content (AvgIpc) is 3.39. The molecule has 2 aromatic carbocycles. The standard InChI is InChI=1S/C28H34N4OS/c1-4-21-6-8-22(9-7-21)24-18-32-25-11-10-23(15-26(25)34-28(32)30-24)27(33)29-12-5-13-31-16-19(2)14-20(3)17-31/h6-11,15,18-20H,4-5,12-14,16-17H2,1-3H3,(H,29,33). The number of aromatic nitrogens is 2. The minimum atomic E-state index is 0.00465. The first-order chi connectivity index (χ1) is 16.5. The van der Waals surface area contributed by atoms with Crippen LogP contribution in [-0.2, 0) is 6.42 Å². The van der Waals surface area contributed by atoms with Crippen molar-refractivity contribution < 1.29 is 4.79 Å². The van der Waals surface area contributed by atoms with E-state index in [0.717, 1.165) is 57.7 Å². The number of rotatable bonds is 7. The van der Waals surface area contributed by atoms with E-state index in [0.29, 0.717) is 12.1 Å². The number of nitrogens with zero attached hydrogens (tertiary/aromatic N) is 3. The van der Waals surface area contributed by atoms with Crippen molar-refractivity contribution in [3.05, 3.63) is 59.8 Å². The fourth-order valence-corrected chi connectivity index (χ4v) is 6.32. The highest BCUT2D eigenvalue weighted by Gasteiger charge is 2.21. The highest BCUT2D eigenvalue weighted by molar-refractivity contribution is 7.23. The van der Waals surface area contributed by atoms with Crippen molar-refractivity contribution in [2.24, 2.45) is 11.8 Å². The second-order valence-electron chi connectivity index (χ2n) is 9.93. The fraction of sp³-hybridized carbons (Fsp3) is 0.429. The Morgan fingerprint density at radius 2 is 1.88 bits per heavy atom. The van der Waals surface area contributed by atoms with Crippen LogP contribution in [0.4, 0.5) is 0 Å². The maximum atomic E-state index is 12.7. The van der Waals surface area contributed by atoms with Gasteiger partial charge in [0.15, 0.2) is 4.96 Å². The number of carbonyl (C=O) groups excluding carboxylic acids is 1. The van der Waals surface area contributed by atoms with E-state index >= 15 is 0 Å². The number of fused-ring (bicyclic) bond motifs is 3. The van der Waals surface area contributed by atoms with Gasteiger partial charge in [-0.1, -0.05) is 56.4 Å². The van der Waals surface area contributed by atoms with E-state index in [1.54, 1.807) is 11.3 Å². The molecule has 1 saturated heterocycles. The molecular formula is C28H34N4OS. The van der Waals surface area contributed by atoms with Crippen LogP contribution >= 0.6 is 11.3 Å². The van der Waals surface area contributed by atoms with Crippen molar-refractivity contribution in [3.63, 3.8) is 0 Å². The summed E-state index contributed by atoms with van der Waals surface area (Å²) in [7, 11) is 0. The van der Waals surface area contributed by atoms with Gasteiger partial charge >= 0.3 is 0 Å². The topological polar surface area (TPSA) is 49.6 Å². The van der Waals surface area contributed by atoms with Crippen molar-refractivity contribution in [3.8, 4) is 11.3 Å². The van der Waals surface area contributed by atoms with E-state index in [9.17, 15) is 4.79 Å². The normalized spacial score (nSPS) is 19.1. The summed E-state index contributed by atoms with van der Waals surface area (Å²) >= 11 is 1.63. The largest absolute Gasteiger partial charge is 0.352 e. The fourth-order valence-electron chi connectivity index (χ4n) is 5.27. The molecule has 2 aromatic heterocycles. The first kappa shape index (κ1) is 23.1. The molecule has 178 valence electrons. The number of benzene rings is 2. The SMILES string of the molecule is CCc1ccc(-c2cn3c(n2)sc2cc(C(=O)NCCCN4CC(C)CC(C)C4)ccc23)cc1. The van der Waals surface area contributed by atoms with Gasteiger partial charge in [-0.3, -0.25) is 9.20 Å². The molecule has 6 heteroatoms. The Balaban J connectivity index is 1.22. The molecule has 5 rings (SSSR count). The first-order valence-corrected chi connectivity index (χ1v) is 13.3. The monoisotopic (exact) mass is 474 g/mol. The summed E-state index contributed by atoms with van der Waals surface area (Å²) in [6, 6.07) is 14.6. The lowest BCUT2D eigenvalue weighted by Crippen LogP contribution is -2.40. The Hall–Kier alpha value is -2.70. The van der Waals surface area contributed by atoms with Crippen LogP contribution in [0.15, 0.2) is 48.7 Å². The Morgan fingerprint density at radius 1 is 1.12 bits per heavy atom. The summed E-state index contributed by atoms with van der Waals surface area (Å²) in [6.45, 7) is 11.0. The number of hydrogen-bond acceptors (Lipinski definition) is 4. The lowest BCUT2D eigenvalue weighted by molar-refractivity contribution is 0.0947. The molecule has 0 saturated carbocycles. The van der Waals surface area contributed by atoms with Crippen LogP contribution in [0.1, 0.15) is 49.5 Å². The van der Waals surface area contributed by atoms with Crippen LogP contribution < -0.4 is 5.32 Å². The molecule has 1 amide bonds. The van der Waals surface area contributed by atoms with Crippen LogP contribution in [0.3, 0.4) is 0 Å². The van der Waals surface area contributed by atoms with Gasteiger partial charge in [-0.25, -0.2) is 4.98 Å². The second kappa shape index (κ2) is 9.88. The average molecular weight is 475 g/mol. The summed E-state index contributed by atoms with van der Waals surface area (Å²) in [4.78, 5) is 21.1. The van der Waals surface area contributed by atoms with E-state index in [2.05, 4.69) is 65.9 Å².